The smallest absolute Gasteiger partial charge is 0.102 e. The van der Waals surface area contributed by atoms with Crippen LogP contribution in [0.25, 0.3) is 0 Å². The van der Waals surface area contributed by atoms with Crippen LogP contribution in [0.2, 0.25) is 0 Å². The van der Waals surface area contributed by atoms with Crippen molar-refractivity contribution in [2.24, 2.45) is 5.92 Å². The first-order chi connectivity index (χ1) is 5.43. The molecule has 1 heterocycles. The van der Waals surface area contributed by atoms with E-state index in [0.717, 1.165) is 25.6 Å². The van der Waals surface area contributed by atoms with Gasteiger partial charge in [0.05, 0.1) is 0 Å². The number of nitrogens with one attached hydrogen (secondary N) is 2. The topological polar surface area (TPSA) is 24.1 Å². The van der Waals surface area contributed by atoms with Gasteiger partial charge in [-0.3, -0.25) is 0 Å². The Morgan fingerprint density at radius 2 is 2.09 bits per heavy atom. The zero-order chi connectivity index (χ0) is 7.94. The summed E-state index contributed by atoms with van der Waals surface area (Å²) in [6.07, 6.45) is 2.47. The lowest BCUT2D eigenvalue weighted by atomic mass is 9.98. The molecule has 0 aliphatic carbocycles. The van der Waals surface area contributed by atoms with Crippen LogP contribution in [0.1, 0.15) is 12.8 Å². The van der Waals surface area contributed by atoms with Crippen LogP contribution in [0, 0.1) is 5.92 Å². The molecular weight excluding hydrogens is 143 g/mol. The molecule has 2 N–H and O–H groups in total. The van der Waals surface area contributed by atoms with Gasteiger partial charge in [0.15, 0.2) is 0 Å². The molecule has 3 heteroatoms. The highest BCUT2D eigenvalue weighted by Crippen LogP contribution is 2.09. The van der Waals surface area contributed by atoms with E-state index in [1.165, 1.54) is 12.8 Å². The number of halogens is 1. The van der Waals surface area contributed by atoms with Gasteiger partial charge in [0.25, 0.3) is 0 Å². The average Bonchev–Trinajstić information content (AvgIpc) is 2.07. The summed E-state index contributed by atoms with van der Waals surface area (Å²) in [7, 11) is 0. The standard InChI is InChI=1S/C8H17FN2/c9-3-6-11-7-8-1-4-10-5-2-8/h8,10-11H,1-7H2. The number of piperidine rings is 1. The third-order valence-corrected chi connectivity index (χ3v) is 2.16. The van der Waals surface area contributed by atoms with Crippen LogP contribution in [-0.4, -0.2) is 32.9 Å². The third kappa shape index (κ3) is 3.68. The van der Waals surface area contributed by atoms with Crippen molar-refractivity contribution in [1.82, 2.24) is 10.6 Å². The summed E-state index contributed by atoms with van der Waals surface area (Å²) in [6.45, 7) is 3.52. The first-order valence-corrected chi connectivity index (χ1v) is 4.41. The molecule has 1 rings (SSSR count). The molecule has 1 aliphatic rings. The molecule has 0 atom stereocenters. The Kier molecular flexibility index (Phi) is 4.47. The lowest BCUT2D eigenvalue weighted by Crippen LogP contribution is -2.34. The monoisotopic (exact) mass is 160 g/mol. The Morgan fingerprint density at radius 1 is 1.36 bits per heavy atom. The van der Waals surface area contributed by atoms with E-state index in [-0.39, 0.29) is 6.67 Å². The van der Waals surface area contributed by atoms with E-state index in [9.17, 15) is 4.39 Å². The van der Waals surface area contributed by atoms with Gasteiger partial charge in [-0.25, -0.2) is 4.39 Å². The Labute approximate surface area is 67.6 Å². The number of alkyl halides is 1. The summed E-state index contributed by atoms with van der Waals surface area (Å²) in [4.78, 5) is 0. The first-order valence-electron chi connectivity index (χ1n) is 4.41. The second-order valence-corrected chi connectivity index (χ2v) is 3.09. The minimum Gasteiger partial charge on any atom is -0.317 e. The van der Waals surface area contributed by atoms with Gasteiger partial charge >= 0.3 is 0 Å². The van der Waals surface area contributed by atoms with Gasteiger partial charge < -0.3 is 10.6 Å². The predicted molar refractivity (Wildman–Crippen MR) is 44.4 cm³/mol. The van der Waals surface area contributed by atoms with Gasteiger partial charge in [-0.2, -0.15) is 0 Å². The van der Waals surface area contributed by atoms with Crippen LogP contribution in [0.5, 0.6) is 0 Å². The summed E-state index contributed by atoms with van der Waals surface area (Å²) in [5.74, 6) is 0.766. The maximum Gasteiger partial charge on any atom is 0.102 e. The van der Waals surface area contributed by atoms with Gasteiger partial charge in [0.2, 0.25) is 0 Å². The molecular formula is C8H17FN2. The molecule has 66 valence electrons. The zero-order valence-corrected chi connectivity index (χ0v) is 6.91. The van der Waals surface area contributed by atoms with Gasteiger partial charge in [-0.05, 0) is 38.4 Å². The summed E-state index contributed by atoms with van der Waals surface area (Å²) in [5, 5.41) is 6.41. The molecule has 1 fully saturated rings. The fourth-order valence-electron chi connectivity index (χ4n) is 1.46. The molecule has 2 nitrogen and oxygen atoms in total. The molecule has 0 bridgehead atoms. The Bertz CT molecular complexity index is 92.1. The highest BCUT2D eigenvalue weighted by atomic mass is 19.1. The van der Waals surface area contributed by atoms with Crippen molar-refractivity contribution in [3.05, 3.63) is 0 Å². The highest BCUT2D eigenvalue weighted by molar-refractivity contribution is 4.70. The van der Waals surface area contributed by atoms with E-state index in [2.05, 4.69) is 10.6 Å². The minimum absolute atomic E-state index is 0.245. The third-order valence-electron chi connectivity index (χ3n) is 2.16. The van der Waals surface area contributed by atoms with Gasteiger partial charge in [0, 0.05) is 6.54 Å². The summed E-state index contributed by atoms with van der Waals surface area (Å²) in [6, 6.07) is 0. The summed E-state index contributed by atoms with van der Waals surface area (Å²) < 4.78 is 11.7. The van der Waals surface area contributed by atoms with E-state index in [1.54, 1.807) is 0 Å². The fourth-order valence-corrected chi connectivity index (χ4v) is 1.46. The van der Waals surface area contributed by atoms with Crippen molar-refractivity contribution in [1.29, 1.82) is 0 Å². The molecule has 0 unspecified atom stereocenters. The van der Waals surface area contributed by atoms with Crippen LogP contribution >= 0.6 is 0 Å². The molecule has 1 saturated heterocycles. The van der Waals surface area contributed by atoms with Crippen LogP contribution < -0.4 is 10.6 Å². The zero-order valence-electron chi connectivity index (χ0n) is 6.91. The molecule has 0 spiro atoms. The SMILES string of the molecule is FCCNCC1CCNCC1. The normalized spacial score (nSPS) is 20.5. The molecule has 0 aromatic carbocycles. The van der Waals surface area contributed by atoms with Crippen molar-refractivity contribution in [2.45, 2.75) is 12.8 Å². The lowest BCUT2D eigenvalue weighted by Gasteiger charge is -2.22. The van der Waals surface area contributed by atoms with Crippen LogP contribution in [0.4, 0.5) is 4.39 Å². The predicted octanol–water partition coefficient (Wildman–Crippen LogP) is 0.545. The first kappa shape index (κ1) is 8.94. The van der Waals surface area contributed by atoms with Crippen molar-refractivity contribution >= 4 is 0 Å². The highest BCUT2D eigenvalue weighted by Gasteiger charge is 2.11. The molecule has 1 aliphatic heterocycles. The fraction of sp³-hybridized carbons (Fsp3) is 1.00. The van der Waals surface area contributed by atoms with Crippen LogP contribution in [-0.2, 0) is 0 Å². The Hall–Kier alpha value is -0.150. The summed E-state index contributed by atoms with van der Waals surface area (Å²) in [5.41, 5.74) is 0. The van der Waals surface area contributed by atoms with Gasteiger partial charge in [0.1, 0.15) is 6.67 Å². The quantitative estimate of drug-likeness (QED) is 0.587. The molecule has 0 aromatic heterocycles. The number of hydrogen-bond donors (Lipinski definition) is 2. The van der Waals surface area contributed by atoms with Gasteiger partial charge in [-0.15, -0.1) is 0 Å². The van der Waals surface area contributed by atoms with E-state index < -0.39 is 0 Å². The molecule has 0 amide bonds. The second kappa shape index (κ2) is 5.49. The number of hydrogen-bond acceptors (Lipinski definition) is 2. The van der Waals surface area contributed by atoms with Crippen molar-refractivity contribution < 1.29 is 4.39 Å². The second-order valence-electron chi connectivity index (χ2n) is 3.09. The largest absolute Gasteiger partial charge is 0.317 e. The van der Waals surface area contributed by atoms with E-state index in [4.69, 9.17) is 0 Å². The molecule has 0 saturated carbocycles. The number of rotatable bonds is 4. The molecule has 11 heavy (non-hydrogen) atoms. The Balaban J connectivity index is 1.96. The van der Waals surface area contributed by atoms with Crippen molar-refractivity contribution in [3.63, 3.8) is 0 Å². The summed E-state index contributed by atoms with van der Waals surface area (Å²) >= 11 is 0. The molecule has 0 radical (unpaired) electrons. The lowest BCUT2D eigenvalue weighted by molar-refractivity contribution is 0.348. The van der Waals surface area contributed by atoms with Crippen LogP contribution in [0.15, 0.2) is 0 Å². The maximum absolute atomic E-state index is 11.7. The minimum atomic E-state index is -0.245. The van der Waals surface area contributed by atoms with E-state index in [1.807, 2.05) is 0 Å². The van der Waals surface area contributed by atoms with E-state index >= 15 is 0 Å². The molecule has 0 aromatic rings. The van der Waals surface area contributed by atoms with Crippen LogP contribution in [0.3, 0.4) is 0 Å². The van der Waals surface area contributed by atoms with Gasteiger partial charge in [-0.1, -0.05) is 0 Å². The van der Waals surface area contributed by atoms with E-state index in [0.29, 0.717) is 6.54 Å². The van der Waals surface area contributed by atoms with Crippen molar-refractivity contribution in [2.75, 3.05) is 32.9 Å². The maximum atomic E-state index is 11.7. The van der Waals surface area contributed by atoms with Crippen molar-refractivity contribution in [3.8, 4) is 0 Å². The Morgan fingerprint density at radius 3 is 2.73 bits per heavy atom. The average molecular weight is 160 g/mol.